The van der Waals surface area contributed by atoms with E-state index in [9.17, 15) is 14.0 Å². The highest BCUT2D eigenvalue weighted by Crippen LogP contribution is 2.36. The Kier molecular flexibility index (Phi) is 5.69. The molecule has 1 saturated heterocycles. The Labute approximate surface area is 200 Å². The number of anilines is 2. The molecule has 0 radical (unpaired) electrons. The highest BCUT2D eigenvalue weighted by Gasteiger charge is 2.33. The number of carbonyl (C=O) groups excluding carboxylic acids is 2. The second-order valence-corrected chi connectivity index (χ2v) is 8.13. The van der Waals surface area contributed by atoms with E-state index in [0.717, 1.165) is 24.5 Å². The maximum atomic E-state index is 13.4. The fraction of sp³-hybridized carbons (Fsp3) is 0.160. The van der Waals surface area contributed by atoms with Crippen LogP contribution in [0.2, 0.25) is 0 Å². The number of aromatic nitrogens is 4. The Morgan fingerprint density at radius 3 is 2.71 bits per heavy atom. The fourth-order valence-electron chi connectivity index (χ4n) is 4.38. The van der Waals surface area contributed by atoms with Gasteiger partial charge in [-0.3, -0.25) is 14.0 Å². The fourth-order valence-corrected chi connectivity index (χ4v) is 4.38. The quantitative estimate of drug-likeness (QED) is 0.429. The number of benzene rings is 1. The van der Waals surface area contributed by atoms with Crippen molar-refractivity contribution in [2.24, 2.45) is 0 Å². The number of rotatable bonds is 5. The van der Waals surface area contributed by atoms with Gasteiger partial charge in [-0.2, -0.15) is 0 Å². The molecule has 0 aliphatic carbocycles. The average Bonchev–Trinajstić information content (AvgIpc) is 3.49. The van der Waals surface area contributed by atoms with Gasteiger partial charge in [-0.15, -0.1) is 0 Å². The molecule has 2 amide bonds. The molecule has 5 rings (SSSR count). The van der Waals surface area contributed by atoms with E-state index in [0.29, 0.717) is 35.0 Å². The lowest BCUT2D eigenvalue weighted by Gasteiger charge is -2.22. The number of nitrogens with zero attached hydrogens (tertiary/aromatic N) is 5. The molecule has 3 N–H and O–H groups in total. The molecule has 10 heteroatoms. The van der Waals surface area contributed by atoms with Crippen LogP contribution in [0.1, 0.15) is 35.1 Å². The van der Waals surface area contributed by atoms with Crippen molar-refractivity contribution in [3.63, 3.8) is 0 Å². The van der Waals surface area contributed by atoms with Crippen LogP contribution >= 0.6 is 0 Å². The lowest BCUT2D eigenvalue weighted by molar-refractivity contribution is -0.127. The Balaban J connectivity index is 1.50. The molecule has 1 aliphatic rings. The normalized spacial score (nSPS) is 15.3. The highest BCUT2D eigenvalue weighted by atomic mass is 19.1. The van der Waals surface area contributed by atoms with Gasteiger partial charge in [0.1, 0.15) is 34.5 Å². The maximum absolute atomic E-state index is 13.4. The van der Waals surface area contributed by atoms with E-state index in [4.69, 9.17) is 10.7 Å². The number of pyridine rings is 1. The van der Waals surface area contributed by atoms with E-state index in [1.807, 2.05) is 4.40 Å². The number of hydrogen-bond donors (Lipinski definition) is 2. The maximum Gasteiger partial charge on any atom is 0.256 e. The van der Waals surface area contributed by atoms with Crippen molar-refractivity contribution in [3.05, 3.63) is 84.8 Å². The summed E-state index contributed by atoms with van der Waals surface area (Å²) in [7, 11) is 0. The summed E-state index contributed by atoms with van der Waals surface area (Å²) in [6.45, 7) is 4.24. The molecule has 9 nitrogen and oxygen atoms in total. The third-order valence-electron chi connectivity index (χ3n) is 6.00. The minimum Gasteiger partial charge on any atom is -0.382 e. The molecule has 4 aromatic rings. The molecular formula is C25H22FN7O2. The molecule has 0 saturated carbocycles. The molecule has 0 unspecified atom stereocenters. The predicted molar refractivity (Wildman–Crippen MR) is 129 cm³/mol. The van der Waals surface area contributed by atoms with Crippen LogP contribution in [0.25, 0.3) is 16.8 Å². The van der Waals surface area contributed by atoms with E-state index in [-0.39, 0.29) is 17.8 Å². The highest BCUT2D eigenvalue weighted by molar-refractivity contribution is 6.04. The summed E-state index contributed by atoms with van der Waals surface area (Å²) in [6.07, 6.45) is 7.60. The molecule has 4 heterocycles. The number of nitrogens with two attached hydrogens (primary N) is 1. The number of nitrogens with one attached hydrogen (secondary N) is 1. The van der Waals surface area contributed by atoms with Crippen LogP contribution in [0, 0.1) is 5.82 Å². The zero-order valence-corrected chi connectivity index (χ0v) is 18.7. The summed E-state index contributed by atoms with van der Waals surface area (Å²) in [4.78, 5) is 39.8. The third-order valence-corrected chi connectivity index (χ3v) is 6.00. The molecule has 0 bridgehead atoms. The van der Waals surface area contributed by atoms with Crippen molar-refractivity contribution >= 4 is 29.0 Å². The molecule has 1 aromatic carbocycles. The number of amides is 2. The van der Waals surface area contributed by atoms with Gasteiger partial charge in [0.2, 0.25) is 5.91 Å². The number of carbonyl (C=O) groups is 2. The van der Waals surface area contributed by atoms with Gasteiger partial charge in [-0.05, 0) is 37.1 Å². The van der Waals surface area contributed by atoms with E-state index in [2.05, 4.69) is 21.9 Å². The number of imidazole rings is 1. The first-order chi connectivity index (χ1) is 17.0. The Morgan fingerprint density at radius 1 is 1.17 bits per heavy atom. The van der Waals surface area contributed by atoms with Crippen LogP contribution in [0.15, 0.2) is 67.6 Å². The number of hydrogen-bond acceptors (Lipinski definition) is 6. The van der Waals surface area contributed by atoms with Crippen molar-refractivity contribution in [3.8, 4) is 11.3 Å². The lowest BCUT2D eigenvalue weighted by Crippen LogP contribution is -2.29. The molecular weight excluding hydrogens is 449 g/mol. The molecule has 0 spiro atoms. The van der Waals surface area contributed by atoms with E-state index in [1.165, 1.54) is 18.3 Å². The second kappa shape index (κ2) is 8.98. The van der Waals surface area contributed by atoms with Gasteiger partial charge in [-0.1, -0.05) is 18.7 Å². The van der Waals surface area contributed by atoms with Gasteiger partial charge in [0.05, 0.1) is 6.04 Å². The van der Waals surface area contributed by atoms with Crippen LogP contribution < -0.4 is 11.1 Å². The van der Waals surface area contributed by atoms with Crippen LogP contribution in [-0.4, -0.2) is 42.6 Å². The van der Waals surface area contributed by atoms with Crippen molar-refractivity contribution in [2.45, 2.75) is 18.9 Å². The SMILES string of the molecule is C=CC(=O)N1CCC[C@H]1c1nc(-c2ccc(C(=O)Nc3cc(F)ccn3)cc2)c2c(N)nccn12. The number of nitrogen functional groups attached to an aromatic ring is 1. The summed E-state index contributed by atoms with van der Waals surface area (Å²) in [5, 5.41) is 2.57. The van der Waals surface area contributed by atoms with E-state index >= 15 is 0 Å². The van der Waals surface area contributed by atoms with Crippen LogP contribution in [0.5, 0.6) is 0 Å². The van der Waals surface area contributed by atoms with Gasteiger partial charge in [-0.25, -0.2) is 19.3 Å². The molecule has 1 atom stereocenters. The Hall–Kier alpha value is -4.60. The Bertz CT molecular complexity index is 1450. The van der Waals surface area contributed by atoms with E-state index < -0.39 is 11.7 Å². The zero-order valence-electron chi connectivity index (χ0n) is 18.7. The molecule has 35 heavy (non-hydrogen) atoms. The smallest absolute Gasteiger partial charge is 0.256 e. The minimum absolute atomic E-state index is 0.123. The number of fused-ring (bicyclic) bond motifs is 1. The Morgan fingerprint density at radius 2 is 1.97 bits per heavy atom. The molecule has 176 valence electrons. The first-order valence-corrected chi connectivity index (χ1v) is 11.0. The van der Waals surface area contributed by atoms with Crippen LogP contribution in [0.3, 0.4) is 0 Å². The molecule has 1 fully saturated rings. The van der Waals surface area contributed by atoms with Crippen molar-refractivity contribution in [2.75, 3.05) is 17.6 Å². The molecule has 3 aromatic heterocycles. The summed E-state index contributed by atoms with van der Waals surface area (Å²) < 4.78 is 15.2. The number of likely N-dealkylation sites (tertiary alicyclic amines) is 1. The first-order valence-electron chi connectivity index (χ1n) is 11.0. The van der Waals surface area contributed by atoms with Gasteiger partial charge in [0.15, 0.2) is 0 Å². The van der Waals surface area contributed by atoms with E-state index in [1.54, 1.807) is 41.6 Å². The minimum atomic E-state index is -0.491. The monoisotopic (exact) mass is 471 g/mol. The standard InChI is InChI=1S/C25H22FN7O2/c1-2-20(34)32-12-3-4-18(32)24-31-21(22-23(27)29-11-13-33(22)24)15-5-7-16(8-6-15)25(35)30-19-14-17(26)9-10-28-19/h2,5-11,13-14,18H,1,3-4,12H2,(H2,27,29)(H,28,30,35)/t18-/m0/s1. The van der Waals surface area contributed by atoms with Gasteiger partial charge in [0.25, 0.3) is 5.91 Å². The summed E-state index contributed by atoms with van der Waals surface area (Å²) in [5.41, 5.74) is 8.56. The molecule has 1 aliphatic heterocycles. The average molecular weight is 471 g/mol. The van der Waals surface area contributed by atoms with Crippen molar-refractivity contribution < 1.29 is 14.0 Å². The summed E-state index contributed by atoms with van der Waals surface area (Å²) in [5.74, 6) is 0.0650. The van der Waals surface area contributed by atoms with Gasteiger partial charge < -0.3 is 16.0 Å². The van der Waals surface area contributed by atoms with Crippen LogP contribution in [0.4, 0.5) is 16.0 Å². The van der Waals surface area contributed by atoms with Gasteiger partial charge in [0, 0.05) is 42.3 Å². The topological polar surface area (TPSA) is 119 Å². The number of halogens is 1. The predicted octanol–water partition coefficient (Wildman–Crippen LogP) is 3.61. The second-order valence-electron chi connectivity index (χ2n) is 8.13. The largest absolute Gasteiger partial charge is 0.382 e. The third kappa shape index (κ3) is 4.10. The summed E-state index contributed by atoms with van der Waals surface area (Å²) in [6, 6.07) is 8.93. The zero-order chi connectivity index (χ0) is 24.5. The van der Waals surface area contributed by atoms with Crippen LogP contribution in [-0.2, 0) is 4.79 Å². The van der Waals surface area contributed by atoms with Crippen molar-refractivity contribution in [1.82, 2.24) is 24.3 Å². The van der Waals surface area contributed by atoms with Crippen molar-refractivity contribution in [1.29, 1.82) is 0 Å². The lowest BCUT2D eigenvalue weighted by atomic mass is 10.1. The first kappa shape index (κ1) is 22.2. The summed E-state index contributed by atoms with van der Waals surface area (Å²) >= 11 is 0. The van der Waals surface area contributed by atoms with Gasteiger partial charge >= 0.3 is 0 Å².